The second-order valence-electron chi connectivity index (χ2n) is 4.65. The highest BCUT2D eigenvalue weighted by molar-refractivity contribution is 4.83. The van der Waals surface area contributed by atoms with E-state index in [4.69, 9.17) is 4.74 Å². The van der Waals surface area contributed by atoms with E-state index in [1.54, 1.807) is 0 Å². The van der Waals surface area contributed by atoms with Gasteiger partial charge in [0.1, 0.15) is 0 Å². The third-order valence-electron chi connectivity index (χ3n) is 2.80. The molecule has 0 aromatic heterocycles. The Hall–Kier alpha value is -0.120. The molecule has 0 bridgehead atoms. The minimum atomic E-state index is 0.224. The minimum absolute atomic E-state index is 0.224. The molecule has 2 N–H and O–H groups in total. The molecule has 0 aromatic rings. The van der Waals surface area contributed by atoms with Gasteiger partial charge in [0.05, 0.1) is 12.7 Å². The van der Waals surface area contributed by atoms with Gasteiger partial charge in [-0.3, -0.25) is 0 Å². The van der Waals surface area contributed by atoms with E-state index < -0.39 is 0 Å². The summed E-state index contributed by atoms with van der Waals surface area (Å²) in [5, 5.41) is 12.7. The molecule has 84 valence electrons. The molecule has 0 unspecified atom stereocenters. The van der Waals surface area contributed by atoms with E-state index in [1.807, 2.05) is 0 Å². The van der Waals surface area contributed by atoms with Gasteiger partial charge in [-0.2, -0.15) is 0 Å². The van der Waals surface area contributed by atoms with Crippen molar-refractivity contribution in [3.8, 4) is 0 Å². The summed E-state index contributed by atoms with van der Waals surface area (Å²) in [6.45, 7) is 7.52. The highest BCUT2D eigenvalue weighted by Crippen LogP contribution is 2.15. The Kier molecular flexibility index (Phi) is 4.85. The van der Waals surface area contributed by atoms with Crippen molar-refractivity contribution in [3.63, 3.8) is 0 Å². The van der Waals surface area contributed by atoms with Crippen LogP contribution in [0.3, 0.4) is 0 Å². The Morgan fingerprint density at radius 2 is 2.21 bits per heavy atom. The number of aliphatic hydroxyl groups is 1. The maximum absolute atomic E-state index is 9.22. The Bertz CT molecular complexity index is 161. The molecular weight excluding hydrogens is 178 g/mol. The molecule has 1 saturated heterocycles. The Balaban J connectivity index is 2.31. The first kappa shape index (κ1) is 12.0. The molecule has 0 aromatic carbocycles. The molecule has 0 radical (unpaired) electrons. The van der Waals surface area contributed by atoms with Crippen molar-refractivity contribution < 1.29 is 9.84 Å². The number of ether oxygens (including phenoxy) is 1. The van der Waals surface area contributed by atoms with Crippen molar-refractivity contribution in [2.24, 2.45) is 5.92 Å². The lowest BCUT2D eigenvalue weighted by Crippen LogP contribution is -2.44. The lowest BCUT2D eigenvalue weighted by atomic mass is 10.0. The van der Waals surface area contributed by atoms with Gasteiger partial charge >= 0.3 is 0 Å². The summed E-state index contributed by atoms with van der Waals surface area (Å²) < 4.78 is 5.47. The highest BCUT2D eigenvalue weighted by Gasteiger charge is 2.26. The Morgan fingerprint density at radius 1 is 1.50 bits per heavy atom. The van der Waals surface area contributed by atoms with Gasteiger partial charge < -0.3 is 15.2 Å². The second-order valence-corrected chi connectivity index (χ2v) is 4.65. The van der Waals surface area contributed by atoms with Crippen LogP contribution in [-0.4, -0.2) is 36.5 Å². The van der Waals surface area contributed by atoms with Crippen LogP contribution in [0.5, 0.6) is 0 Å². The summed E-state index contributed by atoms with van der Waals surface area (Å²) in [5.74, 6) is 0.622. The molecule has 1 aliphatic rings. The van der Waals surface area contributed by atoms with E-state index in [2.05, 4.69) is 26.1 Å². The summed E-state index contributed by atoms with van der Waals surface area (Å²) in [4.78, 5) is 0. The molecule has 3 nitrogen and oxygen atoms in total. The molecular formula is C11H23NO2. The van der Waals surface area contributed by atoms with Crippen LogP contribution in [-0.2, 0) is 4.74 Å². The van der Waals surface area contributed by atoms with Gasteiger partial charge in [-0.15, -0.1) is 0 Å². The van der Waals surface area contributed by atoms with E-state index in [0.29, 0.717) is 12.0 Å². The van der Waals surface area contributed by atoms with Gasteiger partial charge in [-0.1, -0.05) is 13.8 Å². The van der Waals surface area contributed by atoms with Gasteiger partial charge in [0.15, 0.2) is 0 Å². The molecule has 1 fully saturated rings. The average molecular weight is 201 g/mol. The zero-order valence-corrected chi connectivity index (χ0v) is 9.49. The van der Waals surface area contributed by atoms with Crippen LogP contribution >= 0.6 is 0 Å². The van der Waals surface area contributed by atoms with Crippen LogP contribution in [0.4, 0.5) is 0 Å². The first-order valence-electron chi connectivity index (χ1n) is 5.62. The SMILES string of the molecule is CC(C)C[C@H](CO)N[C@H]1CCO[C@H]1C. The summed E-state index contributed by atoms with van der Waals surface area (Å²) in [7, 11) is 0. The van der Waals surface area contributed by atoms with Crippen molar-refractivity contribution in [3.05, 3.63) is 0 Å². The molecule has 3 heteroatoms. The van der Waals surface area contributed by atoms with E-state index in [9.17, 15) is 5.11 Å². The molecule has 14 heavy (non-hydrogen) atoms. The third-order valence-corrected chi connectivity index (χ3v) is 2.80. The first-order valence-corrected chi connectivity index (χ1v) is 5.62. The zero-order chi connectivity index (χ0) is 10.6. The van der Waals surface area contributed by atoms with Gasteiger partial charge in [0, 0.05) is 18.7 Å². The maximum atomic E-state index is 9.22. The molecule has 3 atom stereocenters. The zero-order valence-electron chi connectivity index (χ0n) is 9.49. The summed E-state index contributed by atoms with van der Waals surface area (Å²) in [5.41, 5.74) is 0. The number of hydrogen-bond donors (Lipinski definition) is 2. The number of hydrogen-bond acceptors (Lipinski definition) is 3. The lowest BCUT2D eigenvalue weighted by molar-refractivity contribution is 0.106. The van der Waals surface area contributed by atoms with Gasteiger partial charge in [-0.05, 0) is 25.7 Å². The van der Waals surface area contributed by atoms with Crippen molar-refractivity contribution in [2.75, 3.05) is 13.2 Å². The molecule has 1 heterocycles. The van der Waals surface area contributed by atoms with Gasteiger partial charge in [0.25, 0.3) is 0 Å². The number of aliphatic hydroxyl groups excluding tert-OH is 1. The predicted octanol–water partition coefficient (Wildman–Crippen LogP) is 1.16. The van der Waals surface area contributed by atoms with Crippen molar-refractivity contribution in [2.45, 2.75) is 51.8 Å². The number of nitrogens with one attached hydrogen (secondary N) is 1. The lowest BCUT2D eigenvalue weighted by Gasteiger charge is -2.24. The summed E-state index contributed by atoms with van der Waals surface area (Å²) >= 11 is 0. The maximum Gasteiger partial charge on any atom is 0.0700 e. The van der Waals surface area contributed by atoms with Crippen LogP contribution < -0.4 is 5.32 Å². The normalized spacial score (nSPS) is 29.8. The molecule has 0 saturated carbocycles. The topological polar surface area (TPSA) is 41.5 Å². The third kappa shape index (κ3) is 3.56. The fourth-order valence-electron chi connectivity index (χ4n) is 2.02. The van der Waals surface area contributed by atoms with Gasteiger partial charge in [0.2, 0.25) is 0 Å². The highest BCUT2D eigenvalue weighted by atomic mass is 16.5. The molecule has 1 rings (SSSR count). The van der Waals surface area contributed by atoms with E-state index in [1.165, 1.54) is 0 Å². The number of rotatable bonds is 5. The van der Waals surface area contributed by atoms with Crippen molar-refractivity contribution in [1.29, 1.82) is 0 Å². The molecule has 0 spiro atoms. The summed E-state index contributed by atoms with van der Waals surface area (Å²) in [6.07, 6.45) is 2.38. The van der Waals surface area contributed by atoms with Gasteiger partial charge in [-0.25, -0.2) is 0 Å². The second kappa shape index (κ2) is 5.69. The standard InChI is InChI=1S/C11H23NO2/c1-8(2)6-10(7-13)12-11-4-5-14-9(11)3/h8-13H,4-7H2,1-3H3/t9-,10+,11-/m0/s1. The van der Waals surface area contributed by atoms with Crippen molar-refractivity contribution >= 4 is 0 Å². The first-order chi connectivity index (χ1) is 6.63. The van der Waals surface area contributed by atoms with E-state index >= 15 is 0 Å². The molecule has 1 aliphatic heterocycles. The van der Waals surface area contributed by atoms with E-state index in [-0.39, 0.29) is 18.8 Å². The monoisotopic (exact) mass is 201 g/mol. The molecule has 0 aliphatic carbocycles. The van der Waals surface area contributed by atoms with E-state index in [0.717, 1.165) is 19.4 Å². The van der Waals surface area contributed by atoms with Crippen LogP contribution in [0, 0.1) is 5.92 Å². The largest absolute Gasteiger partial charge is 0.395 e. The Morgan fingerprint density at radius 3 is 2.64 bits per heavy atom. The smallest absolute Gasteiger partial charge is 0.0700 e. The summed E-state index contributed by atoms with van der Waals surface area (Å²) in [6, 6.07) is 0.648. The quantitative estimate of drug-likeness (QED) is 0.701. The Labute approximate surface area is 86.8 Å². The minimum Gasteiger partial charge on any atom is -0.395 e. The van der Waals surface area contributed by atoms with Crippen molar-refractivity contribution in [1.82, 2.24) is 5.32 Å². The fraction of sp³-hybridized carbons (Fsp3) is 1.00. The average Bonchev–Trinajstić information content (AvgIpc) is 2.50. The fourth-order valence-corrected chi connectivity index (χ4v) is 2.02. The van der Waals surface area contributed by atoms with Crippen LogP contribution in [0.15, 0.2) is 0 Å². The van der Waals surface area contributed by atoms with Crippen LogP contribution in [0.2, 0.25) is 0 Å². The predicted molar refractivity (Wildman–Crippen MR) is 57.3 cm³/mol. The van der Waals surface area contributed by atoms with Crippen LogP contribution in [0.25, 0.3) is 0 Å². The van der Waals surface area contributed by atoms with Crippen LogP contribution in [0.1, 0.15) is 33.6 Å². The molecule has 0 amide bonds.